The van der Waals surface area contributed by atoms with Crippen LogP contribution in [0.25, 0.3) is 11.5 Å². The van der Waals surface area contributed by atoms with Crippen LogP contribution in [0.1, 0.15) is 26.5 Å². The number of rotatable bonds is 2. The van der Waals surface area contributed by atoms with Crippen LogP contribution >= 0.6 is 0 Å². The minimum atomic E-state index is -0.566. The molecule has 20 heavy (non-hydrogen) atoms. The highest BCUT2D eigenvalue weighted by molar-refractivity contribution is 5.83. The van der Waals surface area contributed by atoms with Crippen LogP contribution in [0.3, 0.4) is 0 Å². The van der Waals surface area contributed by atoms with E-state index in [-0.39, 0.29) is 0 Å². The number of amides is 1. The fraction of sp³-hybridized carbons (Fsp3) is 0.357. The number of aryl methyl sites for hydroxylation is 1. The molecule has 0 aliphatic rings. The van der Waals surface area contributed by atoms with E-state index in [1.807, 2.05) is 13.0 Å². The van der Waals surface area contributed by atoms with Crippen LogP contribution in [0.15, 0.2) is 29.0 Å². The minimum absolute atomic E-state index is 0.309. The summed E-state index contributed by atoms with van der Waals surface area (Å²) >= 11 is 0. The molecule has 0 saturated heterocycles. The van der Waals surface area contributed by atoms with E-state index >= 15 is 0 Å². The highest BCUT2D eigenvalue weighted by atomic mass is 16.6. The van der Waals surface area contributed by atoms with Gasteiger partial charge in [-0.05, 0) is 39.8 Å². The summed E-state index contributed by atoms with van der Waals surface area (Å²) < 4.78 is 10.5. The Labute approximate surface area is 117 Å². The molecule has 2 rings (SSSR count). The average molecular weight is 275 g/mol. The average Bonchev–Trinajstić information content (AvgIpc) is 2.74. The predicted octanol–water partition coefficient (Wildman–Crippen LogP) is 3.39. The van der Waals surface area contributed by atoms with Gasteiger partial charge in [-0.25, -0.2) is 4.79 Å². The zero-order valence-corrected chi connectivity index (χ0v) is 11.9. The molecule has 0 aromatic carbocycles. The zero-order chi connectivity index (χ0) is 14.8. The van der Waals surface area contributed by atoms with Crippen molar-refractivity contribution in [3.63, 3.8) is 0 Å². The van der Waals surface area contributed by atoms with E-state index in [2.05, 4.69) is 15.3 Å². The van der Waals surface area contributed by atoms with Gasteiger partial charge in [0.15, 0.2) is 5.82 Å². The van der Waals surface area contributed by atoms with Crippen molar-refractivity contribution in [2.45, 2.75) is 33.3 Å². The van der Waals surface area contributed by atoms with Crippen molar-refractivity contribution in [2.75, 3.05) is 5.32 Å². The molecule has 0 bridgehead atoms. The fourth-order valence-corrected chi connectivity index (χ4v) is 1.55. The zero-order valence-electron chi connectivity index (χ0n) is 11.9. The third kappa shape index (κ3) is 3.81. The molecule has 1 amide bonds. The Hall–Kier alpha value is -2.37. The quantitative estimate of drug-likeness (QED) is 0.908. The van der Waals surface area contributed by atoms with Gasteiger partial charge >= 0.3 is 6.09 Å². The normalized spacial score (nSPS) is 11.2. The number of hydrogen-bond donors (Lipinski definition) is 1. The number of anilines is 1. The molecular weight excluding hydrogens is 258 g/mol. The molecular formula is C14H17N3O3. The van der Waals surface area contributed by atoms with Crippen LogP contribution in [0.2, 0.25) is 0 Å². The van der Waals surface area contributed by atoms with E-state index < -0.39 is 11.7 Å². The number of nitrogens with one attached hydrogen (secondary N) is 1. The van der Waals surface area contributed by atoms with E-state index in [4.69, 9.17) is 9.15 Å². The second-order valence-corrected chi connectivity index (χ2v) is 5.35. The first-order valence-corrected chi connectivity index (χ1v) is 6.22. The lowest BCUT2D eigenvalue weighted by Crippen LogP contribution is -2.27. The number of carbonyl (C=O) groups is 1. The Morgan fingerprint density at radius 2 is 2.15 bits per heavy atom. The molecule has 0 radical (unpaired) electrons. The Morgan fingerprint density at radius 1 is 1.40 bits per heavy atom. The molecule has 0 fully saturated rings. The first kappa shape index (κ1) is 14.0. The van der Waals surface area contributed by atoms with Crippen molar-refractivity contribution in [1.29, 1.82) is 0 Å². The van der Waals surface area contributed by atoms with E-state index in [0.717, 1.165) is 11.3 Å². The van der Waals surface area contributed by atoms with Crippen LogP contribution < -0.4 is 5.32 Å². The topological polar surface area (TPSA) is 77.2 Å². The SMILES string of the molecule is Cc1cc(-c2nc(NC(=O)OC(C)(C)C)co2)ccn1. The summed E-state index contributed by atoms with van der Waals surface area (Å²) in [6.45, 7) is 7.26. The Bertz CT molecular complexity index is 614. The maximum atomic E-state index is 11.6. The summed E-state index contributed by atoms with van der Waals surface area (Å²) in [7, 11) is 0. The fourth-order valence-electron chi connectivity index (χ4n) is 1.55. The van der Waals surface area contributed by atoms with Crippen molar-refractivity contribution in [3.05, 3.63) is 30.3 Å². The summed E-state index contributed by atoms with van der Waals surface area (Å²) in [5.41, 5.74) is 1.11. The Kier molecular flexibility index (Phi) is 3.74. The van der Waals surface area contributed by atoms with Gasteiger partial charge in [0.25, 0.3) is 0 Å². The van der Waals surface area contributed by atoms with Gasteiger partial charge in [-0.1, -0.05) is 0 Å². The van der Waals surface area contributed by atoms with E-state index in [1.54, 1.807) is 33.0 Å². The van der Waals surface area contributed by atoms with Crippen LogP contribution in [0, 0.1) is 6.92 Å². The molecule has 0 atom stereocenters. The number of aromatic nitrogens is 2. The van der Waals surface area contributed by atoms with E-state index in [1.165, 1.54) is 6.26 Å². The summed E-state index contributed by atoms with van der Waals surface area (Å²) in [5, 5.41) is 2.52. The third-order valence-electron chi connectivity index (χ3n) is 2.28. The Balaban J connectivity index is 2.08. The van der Waals surface area contributed by atoms with Gasteiger partial charge in [-0.15, -0.1) is 0 Å². The highest BCUT2D eigenvalue weighted by Crippen LogP contribution is 2.21. The van der Waals surface area contributed by atoms with Gasteiger partial charge in [0, 0.05) is 17.5 Å². The molecule has 2 aromatic heterocycles. The maximum absolute atomic E-state index is 11.6. The van der Waals surface area contributed by atoms with Gasteiger partial charge in [0.05, 0.1) is 0 Å². The predicted molar refractivity (Wildman–Crippen MR) is 74.3 cm³/mol. The number of nitrogens with zero attached hydrogens (tertiary/aromatic N) is 2. The number of carbonyl (C=O) groups excluding carboxylic acids is 1. The number of ether oxygens (including phenoxy) is 1. The van der Waals surface area contributed by atoms with E-state index in [9.17, 15) is 4.79 Å². The van der Waals surface area contributed by atoms with Crippen molar-refractivity contribution >= 4 is 11.9 Å². The summed E-state index contributed by atoms with van der Waals surface area (Å²) in [6.07, 6.45) is 2.48. The van der Waals surface area contributed by atoms with Gasteiger partial charge in [0.1, 0.15) is 11.9 Å². The van der Waals surface area contributed by atoms with Gasteiger partial charge in [-0.2, -0.15) is 4.98 Å². The largest absolute Gasteiger partial charge is 0.444 e. The van der Waals surface area contributed by atoms with Crippen LogP contribution in [0.5, 0.6) is 0 Å². The molecule has 0 aliphatic heterocycles. The molecule has 1 N–H and O–H groups in total. The second kappa shape index (κ2) is 5.32. The summed E-state index contributed by atoms with van der Waals surface area (Å²) in [4.78, 5) is 19.9. The molecule has 0 unspecified atom stereocenters. The standard InChI is InChI=1S/C14H17N3O3/c1-9-7-10(5-6-15-9)12-16-11(8-19-12)17-13(18)20-14(2,3)4/h5-8H,1-4H3,(H,17,18). The van der Waals surface area contributed by atoms with Crippen molar-refractivity contribution in [2.24, 2.45) is 0 Å². The van der Waals surface area contributed by atoms with Crippen molar-refractivity contribution in [1.82, 2.24) is 9.97 Å². The molecule has 2 aromatic rings. The van der Waals surface area contributed by atoms with Gasteiger partial charge in [0.2, 0.25) is 5.89 Å². The minimum Gasteiger partial charge on any atom is -0.444 e. The number of hydrogen-bond acceptors (Lipinski definition) is 5. The molecule has 0 saturated carbocycles. The lowest BCUT2D eigenvalue weighted by molar-refractivity contribution is 0.0635. The monoisotopic (exact) mass is 275 g/mol. The van der Waals surface area contributed by atoms with Gasteiger partial charge in [-0.3, -0.25) is 10.3 Å². The summed E-state index contributed by atoms with van der Waals surface area (Å²) in [6, 6.07) is 3.64. The molecule has 0 aliphatic carbocycles. The Morgan fingerprint density at radius 3 is 2.80 bits per heavy atom. The molecule has 6 nitrogen and oxygen atoms in total. The first-order valence-electron chi connectivity index (χ1n) is 6.22. The maximum Gasteiger partial charge on any atom is 0.413 e. The highest BCUT2D eigenvalue weighted by Gasteiger charge is 2.17. The molecule has 106 valence electrons. The van der Waals surface area contributed by atoms with E-state index in [0.29, 0.717) is 11.7 Å². The van der Waals surface area contributed by atoms with Crippen LogP contribution in [0.4, 0.5) is 10.6 Å². The number of pyridine rings is 1. The second-order valence-electron chi connectivity index (χ2n) is 5.35. The lowest BCUT2D eigenvalue weighted by atomic mass is 10.2. The smallest absolute Gasteiger partial charge is 0.413 e. The van der Waals surface area contributed by atoms with Crippen molar-refractivity contribution < 1.29 is 13.9 Å². The van der Waals surface area contributed by atoms with Crippen LogP contribution in [-0.4, -0.2) is 21.7 Å². The van der Waals surface area contributed by atoms with Crippen molar-refractivity contribution in [3.8, 4) is 11.5 Å². The number of oxazole rings is 1. The lowest BCUT2D eigenvalue weighted by Gasteiger charge is -2.18. The molecule has 2 heterocycles. The first-order chi connectivity index (χ1) is 9.33. The molecule has 6 heteroatoms. The van der Waals surface area contributed by atoms with Gasteiger partial charge < -0.3 is 9.15 Å². The third-order valence-corrected chi connectivity index (χ3v) is 2.28. The van der Waals surface area contributed by atoms with Crippen LogP contribution in [-0.2, 0) is 4.74 Å². The summed E-state index contributed by atoms with van der Waals surface area (Å²) in [5.74, 6) is 0.727. The molecule has 0 spiro atoms.